The summed E-state index contributed by atoms with van der Waals surface area (Å²) in [5, 5.41) is 10.8. The van der Waals surface area contributed by atoms with Gasteiger partial charge in [-0.05, 0) is 48.8 Å². The first kappa shape index (κ1) is 14.1. The first-order valence-corrected chi connectivity index (χ1v) is 7.62. The van der Waals surface area contributed by atoms with Crippen LogP contribution < -0.4 is 5.73 Å². The molecule has 0 bridgehead atoms. The maximum atomic E-state index is 10.8. The van der Waals surface area contributed by atoms with E-state index in [0.717, 1.165) is 36.9 Å². The van der Waals surface area contributed by atoms with Crippen molar-refractivity contribution in [3.63, 3.8) is 0 Å². The number of pyridine rings is 1. The second-order valence-electron chi connectivity index (χ2n) is 6.16. The minimum atomic E-state index is -0.636. The molecule has 1 heterocycles. The Morgan fingerprint density at radius 1 is 1.14 bits per heavy atom. The predicted octanol–water partition coefficient (Wildman–Crippen LogP) is 3.30. The van der Waals surface area contributed by atoms with Crippen molar-refractivity contribution in [1.29, 1.82) is 0 Å². The molecule has 0 amide bonds. The van der Waals surface area contributed by atoms with Gasteiger partial charge >= 0.3 is 0 Å². The van der Waals surface area contributed by atoms with E-state index in [2.05, 4.69) is 29.2 Å². The summed E-state index contributed by atoms with van der Waals surface area (Å²) < 4.78 is 0. The van der Waals surface area contributed by atoms with Crippen LogP contribution in [0.5, 0.6) is 0 Å². The van der Waals surface area contributed by atoms with Gasteiger partial charge in [0.2, 0.25) is 0 Å². The van der Waals surface area contributed by atoms with Gasteiger partial charge in [0, 0.05) is 24.5 Å². The molecule has 1 aliphatic carbocycles. The van der Waals surface area contributed by atoms with Crippen LogP contribution in [0.15, 0.2) is 48.8 Å². The zero-order valence-corrected chi connectivity index (χ0v) is 12.2. The standard InChI is InChI=1S/C18H22N2O/c19-17-8-11-20-13-16(17)12-18(21)9-6-15(7-10-18)14-4-2-1-3-5-14/h1-5,8,11,13,15,21H,6-7,9-10,12H2,(H2,19,20). The van der Waals surface area contributed by atoms with Crippen LogP contribution in [0.1, 0.15) is 42.7 Å². The third-order valence-electron chi connectivity index (χ3n) is 4.65. The molecule has 0 saturated heterocycles. The van der Waals surface area contributed by atoms with Crippen molar-refractivity contribution >= 4 is 5.69 Å². The Bertz CT molecular complexity index is 589. The maximum absolute atomic E-state index is 10.8. The lowest BCUT2D eigenvalue weighted by Crippen LogP contribution is -2.36. The van der Waals surface area contributed by atoms with Gasteiger partial charge in [0.05, 0.1) is 5.60 Å². The molecule has 0 atom stereocenters. The first-order chi connectivity index (χ1) is 10.2. The Labute approximate surface area is 125 Å². The highest BCUT2D eigenvalue weighted by atomic mass is 16.3. The minimum absolute atomic E-state index is 0.567. The Balaban J connectivity index is 1.66. The highest BCUT2D eigenvalue weighted by Gasteiger charge is 2.34. The number of aliphatic hydroxyl groups is 1. The van der Waals surface area contributed by atoms with Gasteiger partial charge in [-0.3, -0.25) is 4.98 Å². The van der Waals surface area contributed by atoms with Crippen LogP contribution in [0.2, 0.25) is 0 Å². The number of aromatic nitrogens is 1. The van der Waals surface area contributed by atoms with E-state index in [4.69, 9.17) is 5.73 Å². The number of anilines is 1. The topological polar surface area (TPSA) is 59.1 Å². The molecule has 3 rings (SSSR count). The van der Waals surface area contributed by atoms with Gasteiger partial charge in [-0.1, -0.05) is 30.3 Å². The number of nitrogens with two attached hydrogens (primary N) is 1. The summed E-state index contributed by atoms with van der Waals surface area (Å²) in [4.78, 5) is 4.11. The molecule has 0 unspecified atom stereocenters. The predicted molar refractivity (Wildman–Crippen MR) is 85.0 cm³/mol. The second kappa shape index (κ2) is 5.86. The molecular weight excluding hydrogens is 260 g/mol. The molecular formula is C18H22N2O. The van der Waals surface area contributed by atoms with E-state index in [9.17, 15) is 5.11 Å². The highest BCUT2D eigenvalue weighted by molar-refractivity contribution is 5.45. The average Bonchev–Trinajstić information content (AvgIpc) is 2.51. The molecule has 0 aliphatic heterocycles. The van der Waals surface area contributed by atoms with Gasteiger partial charge in [-0.15, -0.1) is 0 Å². The van der Waals surface area contributed by atoms with Crippen LogP contribution in [-0.4, -0.2) is 15.7 Å². The minimum Gasteiger partial charge on any atom is -0.398 e. The number of rotatable bonds is 3. The zero-order chi connectivity index (χ0) is 14.7. The Kier molecular flexibility index (Phi) is 3.93. The summed E-state index contributed by atoms with van der Waals surface area (Å²) in [5.74, 6) is 0.567. The molecule has 3 heteroatoms. The van der Waals surface area contributed by atoms with Gasteiger partial charge in [-0.2, -0.15) is 0 Å². The first-order valence-electron chi connectivity index (χ1n) is 7.62. The quantitative estimate of drug-likeness (QED) is 0.908. The third kappa shape index (κ3) is 3.24. The van der Waals surface area contributed by atoms with E-state index >= 15 is 0 Å². The Morgan fingerprint density at radius 2 is 1.86 bits per heavy atom. The molecule has 1 aliphatic rings. The lowest BCUT2D eigenvalue weighted by atomic mass is 9.74. The molecule has 0 spiro atoms. The zero-order valence-electron chi connectivity index (χ0n) is 12.2. The van der Waals surface area contributed by atoms with Gasteiger partial charge in [0.25, 0.3) is 0 Å². The summed E-state index contributed by atoms with van der Waals surface area (Å²) in [7, 11) is 0. The molecule has 2 aromatic rings. The van der Waals surface area contributed by atoms with Crippen molar-refractivity contribution in [1.82, 2.24) is 4.98 Å². The largest absolute Gasteiger partial charge is 0.398 e. The molecule has 110 valence electrons. The SMILES string of the molecule is Nc1ccncc1CC1(O)CCC(c2ccccc2)CC1. The van der Waals surface area contributed by atoms with Crippen LogP contribution in [0, 0.1) is 0 Å². The highest BCUT2D eigenvalue weighted by Crippen LogP contribution is 2.39. The molecule has 3 N–H and O–H groups in total. The van der Waals surface area contributed by atoms with E-state index in [1.54, 1.807) is 18.5 Å². The van der Waals surface area contributed by atoms with E-state index in [1.165, 1.54) is 5.56 Å². The summed E-state index contributed by atoms with van der Waals surface area (Å²) in [6.45, 7) is 0. The molecule has 1 aromatic heterocycles. The average molecular weight is 282 g/mol. The number of nitrogen functional groups attached to an aromatic ring is 1. The molecule has 1 aromatic carbocycles. The van der Waals surface area contributed by atoms with Crippen LogP contribution >= 0.6 is 0 Å². The number of hydrogen-bond acceptors (Lipinski definition) is 3. The smallest absolute Gasteiger partial charge is 0.0689 e. The van der Waals surface area contributed by atoms with Crippen molar-refractivity contribution in [2.24, 2.45) is 0 Å². The van der Waals surface area contributed by atoms with Crippen LogP contribution in [0.4, 0.5) is 5.69 Å². The molecule has 1 saturated carbocycles. The fraction of sp³-hybridized carbons (Fsp3) is 0.389. The monoisotopic (exact) mass is 282 g/mol. The lowest BCUT2D eigenvalue weighted by Gasteiger charge is -2.36. The third-order valence-corrected chi connectivity index (χ3v) is 4.65. The van der Waals surface area contributed by atoms with Gasteiger partial charge < -0.3 is 10.8 Å². The normalized spacial score (nSPS) is 25.7. The molecule has 0 radical (unpaired) electrons. The van der Waals surface area contributed by atoms with E-state index in [-0.39, 0.29) is 0 Å². The van der Waals surface area contributed by atoms with Crippen LogP contribution in [0.3, 0.4) is 0 Å². The fourth-order valence-electron chi connectivity index (χ4n) is 3.33. The second-order valence-corrected chi connectivity index (χ2v) is 6.16. The van der Waals surface area contributed by atoms with Crippen LogP contribution in [0.25, 0.3) is 0 Å². The van der Waals surface area contributed by atoms with Crippen molar-refractivity contribution in [2.75, 3.05) is 5.73 Å². The summed E-state index contributed by atoms with van der Waals surface area (Å²) in [5.41, 5.74) is 8.40. The van der Waals surface area contributed by atoms with Crippen LogP contribution in [-0.2, 0) is 6.42 Å². The van der Waals surface area contributed by atoms with E-state index < -0.39 is 5.60 Å². The number of hydrogen-bond donors (Lipinski definition) is 2. The maximum Gasteiger partial charge on any atom is 0.0689 e. The number of benzene rings is 1. The summed E-state index contributed by atoms with van der Waals surface area (Å²) >= 11 is 0. The van der Waals surface area contributed by atoms with Crippen molar-refractivity contribution in [3.8, 4) is 0 Å². The van der Waals surface area contributed by atoms with Gasteiger partial charge in [-0.25, -0.2) is 0 Å². The van der Waals surface area contributed by atoms with Gasteiger partial charge in [0.1, 0.15) is 0 Å². The van der Waals surface area contributed by atoms with E-state index in [0.29, 0.717) is 12.3 Å². The Morgan fingerprint density at radius 3 is 2.52 bits per heavy atom. The molecule has 21 heavy (non-hydrogen) atoms. The Hall–Kier alpha value is -1.87. The lowest BCUT2D eigenvalue weighted by molar-refractivity contribution is -0.000390. The fourth-order valence-corrected chi connectivity index (χ4v) is 3.33. The molecule has 1 fully saturated rings. The van der Waals surface area contributed by atoms with Crippen molar-refractivity contribution < 1.29 is 5.11 Å². The number of nitrogens with zero attached hydrogens (tertiary/aromatic N) is 1. The van der Waals surface area contributed by atoms with Crippen molar-refractivity contribution in [3.05, 3.63) is 59.9 Å². The summed E-state index contributed by atoms with van der Waals surface area (Å²) in [6, 6.07) is 12.4. The summed E-state index contributed by atoms with van der Waals surface area (Å²) in [6.07, 6.45) is 7.77. The van der Waals surface area contributed by atoms with E-state index in [1.807, 2.05) is 6.07 Å². The van der Waals surface area contributed by atoms with Gasteiger partial charge in [0.15, 0.2) is 0 Å². The van der Waals surface area contributed by atoms with Crippen molar-refractivity contribution in [2.45, 2.75) is 43.6 Å². The molecule has 3 nitrogen and oxygen atoms in total.